The summed E-state index contributed by atoms with van der Waals surface area (Å²) in [5, 5.41) is 2.64. The Labute approximate surface area is 132 Å². The number of ether oxygens (including phenoxy) is 1. The number of nitrogens with one attached hydrogen (secondary N) is 1. The maximum atomic E-state index is 12.0. The van der Waals surface area contributed by atoms with Crippen LogP contribution in [0.3, 0.4) is 0 Å². The van der Waals surface area contributed by atoms with Crippen LogP contribution < -0.4 is 5.32 Å². The van der Waals surface area contributed by atoms with Gasteiger partial charge in [0.05, 0.1) is 5.56 Å². The number of amides is 1. The van der Waals surface area contributed by atoms with E-state index in [0.29, 0.717) is 18.0 Å². The Balaban J connectivity index is 1.94. The predicted molar refractivity (Wildman–Crippen MR) is 85.8 cm³/mol. The van der Waals surface area contributed by atoms with Crippen molar-refractivity contribution in [3.8, 4) is 0 Å². The first-order chi connectivity index (χ1) is 10.6. The SMILES string of the molecule is CCNC(=O)[C@H](C)OC(=O)c1ccc(C2CCCCC2)cc1. The number of hydrogen-bond donors (Lipinski definition) is 1. The summed E-state index contributed by atoms with van der Waals surface area (Å²) in [7, 11) is 0. The van der Waals surface area contributed by atoms with Gasteiger partial charge in [-0.3, -0.25) is 4.79 Å². The fourth-order valence-electron chi connectivity index (χ4n) is 2.93. The molecule has 1 aliphatic carbocycles. The molecule has 0 bridgehead atoms. The standard InChI is InChI=1S/C18H25NO3/c1-3-19-17(20)13(2)22-18(21)16-11-9-15(10-12-16)14-7-5-4-6-8-14/h9-14H,3-8H2,1-2H3,(H,19,20)/t13-/m0/s1. The summed E-state index contributed by atoms with van der Waals surface area (Å²) in [5.41, 5.74) is 1.80. The average molecular weight is 303 g/mol. The fourth-order valence-corrected chi connectivity index (χ4v) is 2.93. The topological polar surface area (TPSA) is 55.4 Å². The summed E-state index contributed by atoms with van der Waals surface area (Å²) in [4.78, 5) is 23.6. The molecule has 0 saturated heterocycles. The number of esters is 1. The molecule has 1 saturated carbocycles. The second-order valence-corrected chi connectivity index (χ2v) is 5.90. The van der Waals surface area contributed by atoms with Crippen molar-refractivity contribution >= 4 is 11.9 Å². The molecule has 1 N–H and O–H groups in total. The summed E-state index contributed by atoms with van der Waals surface area (Å²) in [6.07, 6.45) is 5.61. The summed E-state index contributed by atoms with van der Waals surface area (Å²) < 4.78 is 5.19. The van der Waals surface area contributed by atoms with Crippen molar-refractivity contribution in [1.29, 1.82) is 0 Å². The molecule has 0 spiro atoms. The van der Waals surface area contributed by atoms with Crippen molar-refractivity contribution in [2.75, 3.05) is 6.54 Å². The summed E-state index contributed by atoms with van der Waals surface area (Å²) in [6, 6.07) is 7.64. The molecule has 0 heterocycles. The first kappa shape index (κ1) is 16.5. The van der Waals surface area contributed by atoms with Gasteiger partial charge in [-0.25, -0.2) is 4.79 Å². The number of benzene rings is 1. The number of likely N-dealkylation sites (N-methyl/N-ethyl adjacent to an activating group) is 1. The number of carbonyl (C=O) groups is 2. The van der Waals surface area contributed by atoms with E-state index in [1.54, 1.807) is 19.1 Å². The zero-order valence-electron chi connectivity index (χ0n) is 13.4. The zero-order valence-corrected chi connectivity index (χ0v) is 13.4. The molecule has 0 aliphatic heterocycles. The predicted octanol–water partition coefficient (Wildman–Crippen LogP) is 3.42. The molecule has 0 unspecified atom stereocenters. The molecular weight excluding hydrogens is 278 g/mol. The van der Waals surface area contributed by atoms with Gasteiger partial charge in [0.2, 0.25) is 0 Å². The van der Waals surface area contributed by atoms with Crippen molar-refractivity contribution in [1.82, 2.24) is 5.32 Å². The minimum Gasteiger partial charge on any atom is -0.449 e. The van der Waals surface area contributed by atoms with Crippen LogP contribution in [-0.2, 0) is 9.53 Å². The van der Waals surface area contributed by atoms with E-state index in [-0.39, 0.29) is 5.91 Å². The van der Waals surface area contributed by atoms with Crippen molar-refractivity contribution in [2.24, 2.45) is 0 Å². The van der Waals surface area contributed by atoms with Crippen LogP contribution >= 0.6 is 0 Å². The molecule has 0 radical (unpaired) electrons. The van der Waals surface area contributed by atoms with Crippen molar-refractivity contribution in [3.05, 3.63) is 35.4 Å². The van der Waals surface area contributed by atoms with Crippen LogP contribution in [0.2, 0.25) is 0 Å². The third kappa shape index (κ3) is 4.33. The lowest BCUT2D eigenvalue weighted by molar-refractivity contribution is -0.128. The highest BCUT2D eigenvalue weighted by atomic mass is 16.5. The zero-order chi connectivity index (χ0) is 15.9. The van der Waals surface area contributed by atoms with Gasteiger partial charge in [-0.05, 0) is 50.3 Å². The Bertz CT molecular complexity index is 504. The van der Waals surface area contributed by atoms with Crippen LogP contribution in [0.5, 0.6) is 0 Å². The van der Waals surface area contributed by atoms with Gasteiger partial charge in [0.15, 0.2) is 6.10 Å². The normalized spacial score (nSPS) is 16.8. The monoisotopic (exact) mass is 303 g/mol. The molecule has 120 valence electrons. The molecule has 22 heavy (non-hydrogen) atoms. The molecule has 4 heteroatoms. The Morgan fingerprint density at radius 3 is 2.41 bits per heavy atom. The van der Waals surface area contributed by atoms with E-state index in [1.807, 2.05) is 19.1 Å². The molecule has 1 amide bonds. The van der Waals surface area contributed by atoms with Gasteiger partial charge in [-0.1, -0.05) is 31.4 Å². The third-order valence-corrected chi connectivity index (χ3v) is 4.23. The lowest BCUT2D eigenvalue weighted by Gasteiger charge is -2.22. The van der Waals surface area contributed by atoms with Crippen molar-refractivity contribution in [2.45, 2.75) is 58.0 Å². The quantitative estimate of drug-likeness (QED) is 0.848. The number of hydrogen-bond acceptors (Lipinski definition) is 3. The van der Waals surface area contributed by atoms with Crippen molar-refractivity contribution < 1.29 is 14.3 Å². The highest BCUT2D eigenvalue weighted by Gasteiger charge is 2.19. The van der Waals surface area contributed by atoms with Gasteiger partial charge < -0.3 is 10.1 Å². The second-order valence-electron chi connectivity index (χ2n) is 5.90. The minimum atomic E-state index is -0.773. The van der Waals surface area contributed by atoms with Crippen LogP contribution in [-0.4, -0.2) is 24.5 Å². The third-order valence-electron chi connectivity index (χ3n) is 4.23. The van der Waals surface area contributed by atoms with Crippen molar-refractivity contribution in [3.63, 3.8) is 0 Å². The Morgan fingerprint density at radius 1 is 1.18 bits per heavy atom. The molecular formula is C18H25NO3. The lowest BCUT2D eigenvalue weighted by Crippen LogP contribution is -2.35. The van der Waals surface area contributed by atoms with Gasteiger partial charge in [0.1, 0.15) is 0 Å². The van der Waals surface area contributed by atoms with E-state index in [9.17, 15) is 9.59 Å². The van der Waals surface area contributed by atoms with Gasteiger partial charge in [-0.2, -0.15) is 0 Å². The first-order valence-electron chi connectivity index (χ1n) is 8.20. The molecule has 2 rings (SSSR count). The Kier molecular flexibility index (Phi) is 5.99. The highest BCUT2D eigenvalue weighted by molar-refractivity contribution is 5.92. The maximum Gasteiger partial charge on any atom is 0.338 e. The van der Waals surface area contributed by atoms with E-state index in [1.165, 1.54) is 37.7 Å². The summed E-state index contributed by atoms with van der Waals surface area (Å²) in [5.74, 6) is -0.100. The fraction of sp³-hybridized carbons (Fsp3) is 0.556. The van der Waals surface area contributed by atoms with Crippen LogP contribution in [0.1, 0.15) is 67.8 Å². The van der Waals surface area contributed by atoms with E-state index >= 15 is 0 Å². The van der Waals surface area contributed by atoms with Gasteiger partial charge in [-0.15, -0.1) is 0 Å². The van der Waals surface area contributed by atoms with Crippen LogP contribution in [0.25, 0.3) is 0 Å². The maximum absolute atomic E-state index is 12.0. The van der Waals surface area contributed by atoms with Crippen LogP contribution in [0, 0.1) is 0 Å². The van der Waals surface area contributed by atoms with E-state index in [0.717, 1.165) is 0 Å². The largest absolute Gasteiger partial charge is 0.449 e. The molecule has 0 aromatic heterocycles. The van der Waals surface area contributed by atoms with Crippen LogP contribution in [0.15, 0.2) is 24.3 Å². The second kappa shape index (κ2) is 7.97. The lowest BCUT2D eigenvalue weighted by atomic mass is 9.84. The molecule has 1 aliphatic rings. The molecule has 1 atom stereocenters. The Hall–Kier alpha value is -1.84. The Morgan fingerprint density at radius 2 is 1.82 bits per heavy atom. The van der Waals surface area contributed by atoms with Gasteiger partial charge in [0, 0.05) is 6.54 Å². The number of carbonyl (C=O) groups excluding carboxylic acids is 2. The molecule has 4 nitrogen and oxygen atoms in total. The van der Waals surface area contributed by atoms with Gasteiger partial charge >= 0.3 is 5.97 Å². The van der Waals surface area contributed by atoms with E-state index < -0.39 is 12.1 Å². The number of rotatable bonds is 5. The average Bonchev–Trinajstić information content (AvgIpc) is 2.56. The summed E-state index contributed by atoms with van der Waals surface area (Å²) >= 11 is 0. The first-order valence-corrected chi connectivity index (χ1v) is 8.20. The van der Waals surface area contributed by atoms with Crippen LogP contribution in [0.4, 0.5) is 0 Å². The molecule has 1 fully saturated rings. The summed E-state index contributed by atoms with van der Waals surface area (Å²) in [6.45, 7) is 3.94. The molecule has 1 aromatic carbocycles. The van der Waals surface area contributed by atoms with E-state index in [2.05, 4.69) is 5.32 Å². The smallest absolute Gasteiger partial charge is 0.338 e. The molecule has 1 aromatic rings. The van der Waals surface area contributed by atoms with E-state index in [4.69, 9.17) is 4.74 Å². The highest BCUT2D eigenvalue weighted by Crippen LogP contribution is 2.32. The van der Waals surface area contributed by atoms with Gasteiger partial charge in [0.25, 0.3) is 5.91 Å². The minimum absolute atomic E-state index is 0.269.